The average molecular weight is 447 g/mol. The second kappa shape index (κ2) is 10.3. The first kappa shape index (κ1) is 26.3. The maximum atomic E-state index is 12.9. The van der Waals surface area contributed by atoms with E-state index in [1.165, 1.54) is 0 Å². The van der Waals surface area contributed by atoms with Crippen molar-refractivity contribution in [3.05, 3.63) is 29.8 Å². The van der Waals surface area contributed by atoms with Crippen LogP contribution in [0.4, 0.5) is 5.69 Å². The van der Waals surface area contributed by atoms with E-state index in [1.54, 1.807) is 0 Å². The highest BCUT2D eigenvalue weighted by Crippen LogP contribution is 2.29. The third-order valence-corrected chi connectivity index (χ3v) is 6.20. The summed E-state index contributed by atoms with van der Waals surface area (Å²) in [5.74, 6) is -0.394. The maximum Gasteiger partial charge on any atom is 0.241 e. The highest BCUT2D eigenvalue weighted by Gasteiger charge is 2.40. The molecule has 2 amide bonds. The molecule has 7 heteroatoms. The van der Waals surface area contributed by atoms with E-state index in [2.05, 4.69) is 39.9 Å². The number of para-hydroxylation sites is 1. The normalized spacial score (nSPS) is 20.0. The highest BCUT2D eigenvalue weighted by atomic mass is 16.3. The van der Waals surface area contributed by atoms with Crippen LogP contribution in [0.5, 0.6) is 0 Å². The number of aliphatic hydroxyl groups is 1. The van der Waals surface area contributed by atoms with E-state index in [1.807, 2.05) is 47.9 Å². The van der Waals surface area contributed by atoms with Gasteiger partial charge in [0.1, 0.15) is 0 Å². The predicted octanol–water partition coefficient (Wildman–Crippen LogP) is 2.30. The van der Waals surface area contributed by atoms with Crippen LogP contribution in [-0.4, -0.2) is 65.7 Å². The van der Waals surface area contributed by atoms with Crippen LogP contribution < -0.4 is 16.0 Å². The Bertz CT molecular complexity index is 803. The predicted molar refractivity (Wildman–Crippen MR) is 129 cm³/mol. The second-order valence-corrected chi connectivity index (χ2v) is 11.1. The van der Waals surface area contributed by atoms with Crippen molar-refractivity contribution in [1.29, 1.82) is 0 Å². The molecule has 1 aliphatic rings. The lowest BCUT2D eigenvalue weighted by molar-refractivity contribution is -0.126. The number of aliphatic hydroxyl groups excluding tert-OH is 1. The number of carbonyl (C=O) groups is 2. The van der Waals surface area contributed by atoms with Gasteiger partial charge in [-0.05, 0) is 44.2 Å². The molecule has 7 nitrogen and oxygen atoms in total. The van der Waals surface area contributed by atoms with E-state index in [0.29, 0.717) is 19.6 Å². The Hall–Kier alpha value is -1.96. The summed E-state index contributed by atoms with van der Waals surface area (Å²) in [6.45, 7) is 15.9. The Kier molecular flexibility index (Phi) is 8.48. The third kappa shape index (κ3) is 7.02. The average Bonchev–Trinajstić information content (AvgIpc) is 2.68. The van der Waals surface area contributed by atoms with Crippen molar-refractivity contribution in [2.45, 2.75) is 72.6 Å². The summed E-state index contributed by atoms with van der Waals surface area (Å²) in [4.78, 5) is 29.2. The van der Waals surface area contributed by atoms with Gasteiger partial charge in [-0.25, -0.2) is 0 Å². The third-order valence-electron chi connectivity index (χ3n) is 6.20. The fourth-order valence-corrected chi connectivity index (χ4v) is 3.98. The van der Waals surface area contributed by atoms with Gasteiger partial charge in [0.05, 0.1) is 12.6 Å². The first-order valence-corrected chi connectivity index (χ1v) is 11.5. The van der Waals surface area contributed by atoms with Gasteiger partial charge in [-0.3, -0.25) is 14.5 Å². The van der Waals surface area contributed by atoms with Gasteiger partial charge in [-0.2, -0.15) is 0 Å². The van der Waals surface area contributed by atoms with Gasteiger partial charge in [-0.15, -0.1) is 0 Å². The number of nitrogens with zero attached hydrogens (tertiary/aromatic N) is 2. The van der Waals surface area contributed by atoms with Crippen LogP contribution in [0.25, 0.3) is 0 Å². The van der Waals surface area contributed by atoms with Gasteiger partial charge in [0, 0.05) is 42.8 Å². The molecular weight excluding hydrogens is 404 g/mol. The first-order chi connectivity index (χ1) is 14.7. The summed E-state index contributed by atoms with van der Waals surface area (Å²) in [5, 5.41) is 13.6. The molecule has 180 valence electrons. The SMILES string of the molecule is Cc1ccccc1N1CC(C)(C)N(C[C@H](N)[C@@H](O)C[C@@H](C)C(=O)NCC(C)(C)C)CC1=O. The van der Waals surface area contributed by atoms with Crippen molar-refractivity contribution >= 4 is 17.5 Å². The molecule has 0 unspecified atom stereocenters. The summed E-state index contributed by atoms with van der Waals surface area (Å²) in [6.07, 6.45) is -0.542. The number of hydrogen-bond acceptors (Lipinski definition) is 5. The zero-order valence-corrected chi connectivity index (χ0v) is 20.8. The number of amides is 2. The van der Waals surface area contributed by atoms with Crippen molar-refractivity contribution in [2.24, 2.45) is 17.1 Å². The number of anilines is 1. The number of benzene rings is 1. The van der Waals surface area contributed by atoms with Gasteiger partial charge < -0.3 is 21.1 Å². The zero-order valence-electron chi connectivity index (χ0n) is 20.8. The smallest absolute Gasteiger partial charge is 0.241 e. The Labute approximate surface area is 193 Å². The molecule has 2 rings (SSSR count). The molecule has 0 bridgehead atoms. The Balaban J connectivity index is 1.96. The van der Waals surface area contributed by atoms with Gasteiger partial charge in [0.15, 0.2) is 0 Å². The van der Waals surface area contributed by atoms with Gasteiger partial charge in [0.25, 0.3) is 0 Å². The monoisotopic (exact) mass is 446 g/mol. The van der Waals surface area contributed by atoms with Crippen molar-refractivity contribution in [3.63, 3.8) is 0 Å². The molecular formula is C25H42N4O3. The molecule has 0 spiro atoms. The fourth-order valence-electron chi connectivity index (χ4n) is 3.98. The standard InChI is InChI=1S/C25H42N4O3/c1-17-10-8-9-11-20(17)29-16-25(6,7)28(14-22(29)31)13-19(26)21(30)12-18(2)23(32)27-15-24(3,4)5/h8-11,18-19,21,30H,12-16,26H2,1-7H3,(H,27,32)/t18-,19+,21+/m1/s1. The molecule has 0 saturated carbocycles. The van der Waals surface area contributed by atoms with Crippen molar-refractivity contribution in [2.75, 3.05) is 31.1 Å². The number of nitrogens with two attached hydrogens (primary N) is 1. The molecule has 4 N–H and O–H groups in total. The van der Waals surface area contributed by atoms with Crippen LogP contribution in [0.3, 0.4) is 0 Å². The first-order valence-electron chi connectivity index (χ1n) is 11.5. The molecule has 1 saturated heterocycles. The lowest BCUT2D eigenvalue weighted by Gasteiger charge is -2.48. The summed E-state index contributed by atoms with van der Waals surface area (Å²) in [6, 6.07) is 7.34. The minimum absolute atomic E-state index is 0.00293. The number of nitrogens with one attached hydrogen (secondary N) is 1. The summed E-state index contributed by atoms with van der Waals surface area (Å²) >= 11 is 0. The minimum atomic E-state index is -0.828. The van der Waals surface area contributed by atoms with Crippen molar-refractivity contribution < 1.29 is 14.7 Å². The van der Waals surface area contributed by atoms with Gasteiger partial charge in [0.2, 0.25) is 11.8 Å². The molecule has 1 fully saturated rings. The summed E-state index contributed by atoms with van der Waals surface area (Å²) in [7, 11) is 0. The number of aryl methyl sites for hydroxylation is 1. The molecule has 1 aromatic carbocycles. The van der Waals surface area contributed by atoms with E-state index in [9.17, 15) is 14.7 Å². The highest BCUT2D eigenvalue weighted by molar-refractivity contribution is 5.96. The lowest BCUT2D eigenvalue weighted by atomic mass is 9.93. The number of rotatable bonds is 8. The van der Waals surface area contributed by atoms with E-state index >= 15 is 0 Å². The number of piperazine rings is 1. The molecule has 0 aliphatic carbocycles. The fraction of sp³-hybridized carbons (Fsp3) is 0.680. The van der Waals surface area contributed by atoms with Gasteiger partial charge >= 0.3 is 0 Å². The van der Waals surface area contributed by atoms with E-state index < -0.39 is 12.1 Å². The van der Waals surface area contributed by atoms with E-state index in [-0.39, 0.29) is 41.7 Å². The van der Waals surface area contributed by atoms with Crippen LogP contribution in [-0.2, 0) is 9.59 Å². The molecule has 1 aromatic rings. The zero-order chi connectivity index (χ0) is 24.3. The lowest BCUT2D eigenvalue weighted by Crippen LogP contribution is -2.64. The van der Waals surface area contributed by atoms with E-state index in [0.717, 1.165) is 11.3 Å². The molecule has 0 aromatic heterocycles. The topological polar surface area (TPSA) is 98.9 Å². The van der Waals surface area contributed by atoms with Crippen LogP contribution in [0.15, 0.2) is 24.3 Å². The van der Waals surface area contributed by atoms with Gasteiger partial charge in [-0.1, -0.05) is 45.9 Å². The Morgan fingerprint density at radius 3 is 2.50 bits per heavy atom. The largest absolute Gasteiger partial charge is 0.391 e. The number of carbonyl (C=O) groups excluding carboxylic acids is 2. The summed E-state index contributed by atoms with van der Waals surface area (Å²) in [5.41, 5.74) is 8.03. The second-order valence-electron chi connectivity index (χ2n) is 11.1. The van der Waals surface area contributed by atoms with Crippen LogP contribution in [0.2, 0.25) is 0 Å². The minimum Gasteiger partial charge on any atom is -0.391 e. The maximum absolute atomic E-state index is 12.9. The number of hydrogen-bond donors (Lipinski definition) is 3. The molecule has 1 heterocycles. The van der Waals surface area contributed by atoms with Crippen molar-refractivity contribution in [1.82, 2.24) is 10.2 Å². The molecule has 32 heavy (non-hydrogen) atoms. The Morgan fingerprint density at radius 1 is 1.28 bits per heavy atom. The molecule has 0 radical (unpaired) electrons. The van der Waals surface area contributed by atoms with Crippen LogP contribution >= 0.6 is 0 Å². The van der Waals surface area contributed by atoms with E-state index in [4.69, 9.17) is 5.73 Å². The summed E-state index contributed by atoms with van der Waals surface area (Å²) < 4.78 is 0. The van der Waals surface area contributed by atoms with Crippen molar-refractivity contribution in [3.8, 4) is 0 Å². The molecule has 3 atom stereocenters. The van der Waals surface area contributed by atoms with Crippen LogP contribution in [0, 0.1) is 18.3 Å². The molecule has 1 aliphatic heterocycles. The quantitative estimate of drug-likeness (QED) is 0.569. The van der Waals surface area contributed by atoms with Crippen LogP contribution in [0.1, 0.15) is 53.5 Å². The Morgan fingerprint density at radius 2 is 1.91 bits per heavy atom.